The monoisotopic (exact) mass is 271 g/mol. The van der Waals surface area contributed by atoms with Crippen molar-refractivity contribution in [2.24, 2.45) is 5.16 Å². The summed E-state index contributed by atoms with van der Waals surface area (Å²) in [6.45, 7) is 5.06. The molecule has 0 bridgehead atoms. The first-order valence-corrected chi connectivity index (χ1v) is 6.85. The molecule has 0 amide bonds. The van der Waals surface area contributed by atoms with Crippen LogP contribution in [0.5, 0.6) is 0 Å². The molecule has 0 spiro atoms. The van der Waals surface area contributed by atoms with Crippen molar-refractivity contribution in [2.75, 3.05) is 7.11 Å². The number of allylic oxidation sites excluding steroid dienone is 2. The predicted molar refractivity (Wildman–Crippen MR) is 83.0 cm³/mol. The molecule has 0 aliphatic heterocycles. The van der Waals surface area contributed by atoms with E-state index in [-0.39, 0.29) is 0 Å². The Balaban J connectivity index is 2.04. The number of hydrogen-bond donors (Lipinski definition) is 0. The number of aryl methyl sites for hydroxylation is 1. The maximum absolute atomic E-state index is 4.64. The van der Waals surface area contributed by atoms with Gasteiger partial charge < -0.3 is 9.40 Å². The molecule has 20 heavy (non-hydrogen) atoms. The predicted octanol–water partition coefficient (Wildman–Crippen LogP) is 3.70. The molecule has 1 aromatic carbocycles. The minimum absolute atomic E-state index is 0.861. The molecule has 1 aromatic heterocycles. The molecule has 2 rings (SSSR count). The highest BCUT2D eigenvalue weighted by atomic mass is 16.6. The molecule has 0 radical (unpaired) electrons. The Morgan fingerprint density at radius 2 is 2.20 bits per heavy atom. The lowest BCUT2D eigenvalue weighted by Crippen LogP contribution is -1.98. The molecular formula is C16H21N3O. The van der Waals surface area contributed by atoms with Crippen molar-refractivity contribution in [3.63, 3.8) is 0 Å². The van der Waals surface area contributed by atoms with Crippen molar-refractivity contribution in [1.82, 2.24) is 9.55 Å². The number of oxime groups is 1. The van der Waals surface area contributed by atoms with Crippen LogP contribution in [0.15, 0.2) is 41.1 Å². The third-order valence-corrected chi connectivity index (χ3v) is 3.32. The van der Waals surface area contributed by atoms with E-state index in [1.807, 2.05) is 6.07 Å². The van der Waals surface area contributed by atoms with Crippen molar-refractivity contribution in [1.29, 1.82) is 0 Å². The second-order valence-electron chi connectivity index (χ2n) is 4.82. The number of para-hydroxylation sites is 2. The van der Waals surface area contributed by atoms with E-state index in [2.05, 4.69) is 57.7 Å². The zero-order valence-corrected chi connectivity index (χ0v) is 12.3. The normalized spacial score (nSPS) is 12.4. The van der Waals surface area contributed by atoms with Crippen molar-refractivity contribution in [3.05, 3.63) is 41.7 Å². The Hall–Kier alpha value is -2.10. The molecule has 0 atom stereocenters. The molecule has 106 valence electrons. The lowest BCUT2D eigenvalue weighted by Gasteiger charge is -2.04. The molecule has 4 heteroatoms. The van der Waals surface area contributed by atoms with E-state index in [1.54, 1.807) is 13.3 Å². The maximum Gasteiger partial charge on any atom is 0.107 e. The van der Waals surface area contributed by atoms with Gasteiger partial charge in [-0.25, -0.2) is 4.98 Å². The van der Waals surface area contributed by atoms with Gasteiger partial charge in [0.15, 0.2) is 0 Å². The third kappa shape index (κ3) is 3.47. The van der Waals surface area contributed by atoms with E-state index >= 15 is 0 Å². The van der Waals surface area contributed by atoms with Gasteiger partial charge in [0.25, 0.3) is 0 Å². The van der Waals surface area contributed by atoms with Crippen LogP contribution in [0.25, 0.3) is 11.0 Å². The molecular weight excluding hydrogens is 250 g/mol. The summed E-state index contributed by atoms with van der Waals surface area (Å²) in [4.78, 5) is 9.22. The Kier molecular flexibility index (Phi) is 4.93. The lowest BCUT2D eigenvalue weighted by molar-refractivity contribution is 0.214. The van der Waals surface area contributed by atoms with Gasteiger partial charge in [0, 0.05) is 12.8 Å². The molecule has 0 unspecified atom stereocenters. The fourth-order valence-corrected chi connectivity index (χ4v) is 2.20. The van der Waals surface area contributed by atoms with E-state index in [0.717, 1.165) is 30.7 Å². The standard InChI is InChI=1S/C16H21N3O/c1-13(7-6-11-17-20-3)10-12-19-14(2)18-15-8-4-5-9-16(15)19/h4-5,8-11H,6-7,12H2,1-3H3/b13-10+,17-11?. The van der Waals surface area contributed by atoms with Crippen LogP contribution in [0.4, 0.5) is 0 Å². The average Bonchev–Trinajstić information content (AvgIpc) is 2.77. The Morgan fingerprint density at radius 1 is 1.40 bits per heavy atom. The van der Waals surface area contributed by atoms with Crippen LogP contribution in [0.1, 0.15) is 25.6 Å². The summed E-state index contributed by atoms with van der Waals surface area (Å²) in [7, 11) is 1.56. The van der Waals surface area contributed by atoms with Crippen LogP contribution < -0.4 is 0 Å². The third-order valence-electron chi connectivity index (χ3n) is 3.32. The van der Waals surface area contributed by atoms with Crippen LogP contribution in [-0.4, -0.2) is 22.9 Å². The molecule has 0 saturated carbocycles. The number of hydrogen-bond acceptors (Lipinski definition) is 3. The smallest absolute Gasteiger partial charge is 0.107 e. The summed E-state index contributed by atoms with van der Waals surface area (Å²) in [5.41, 5.74) is 3.60. The molecule has 0 aliphatic rings. The number of aromatic nitrogens is 2. The molecule has 0 aliphatic carbocycles. The van der Waals surface area contributed by atoms with E-state index < -0.39 is 0 Å². The van der Waals surface area contributed by atoms with Crippen molar-refractivity contribution in [3.8, 4) is 0 Å². The topological polar surface area (TPSA) is 39.4 Å². The Morgan fingerprint density at radius 3 is 3.00 bits per heavy atom. The summed E-state index contributed by atoms with van der Waals surface area (Å²) in [6.07, 6.45) is 5.95. The van der Waals surface area contributed by atoms with Gasteiger partial charge in [0.1, 0.15) is 12.9 Å². The van der Waals surface area contributed by atoms with Gasteiger partial charge in [-0.2, -0.15) is 0 Å². The quantitative estimate of drug-likeness (QED) is 0.456. The van der Waals surface area contributed by atoms with E-state index in [1.165, 1.54) is 11.1 Å². The van der Waals surface area contributed by atoms with E-state index in [9.17, 15) is 0 Å². The van der Waals surface area contributed by atoms with Gasteiger partial charge in [-0.05, 0) is 38.8 Å². The summed E-state index contributed by atoms with van der Waals surface area (Å²) in [6, 6.07) is 8.24. The number of nitrogens with zero attached hydrogens (tertiary/aromatic N) is 3. The fraction of sp³-hybridized carbons (Fsp3) is 0.375. The Labute approximate surface area is 119 Å². The second-order valence-corrected chi connectivity index (χ2v) is 4.82. The van der Waals surface area contributed by atoms with Crippen molar-refractivity contribution < 1.29 is 4.84 Å². The summed E-state index contributed by atoms with van der Waals surface area (Å²) in [5.74, 6) is 1.05. The molecule has 1 heterocycles. The largest absolute Gasteiger partial charge is 0.399 e. The van der Waals surface area contributed by atoms with Crippen molar-refractivity contribution in [2.45, 2.75) is 33.2 Å². The first-order valence-electron chi connectivity index (χ1n) is 6.85. The highest BCUT2D eigenvalue weighted by Crippen LogP contribution is 2.16. The van der Waals surface area contributed by atoms with Gasteiger partial charge >= 0.3 is 0 Å². The Bertz CT molecular complexity index is 626. The van der Waals surface area contributed by atoms with Crippen LogP contribution in [0.2, 0.25) is 0 Å². The van der Waals surface area contributed by atoms with Crippen LogP contribution in [0, 0.1) is 6.92 Å². The molecule has 2 aromatic rings. The first-order chi connectivity index (χ1) is 9.72. The van der Waals surface area contributed by atoms with Gasteiger partial charge in [-0.3, -0.25) is 0 Å². The van der Waals surface area contributed by atoms with Gasteiger partial charge in [0.2, 0.25) is 0 Å². The van der Waals surface area contributed by atoms with E-state index in [4.69, 9.17) is 0 Å². The number of imidazole rings is 1. The number of rotatable bonds is 6. The molecule has 0 fully saturated rings. The number of benzene rings is 1. The van der Waals surface area contributed by atoms with Gasteiger partial charge in [-0.1, -0.05) is 28.9 Å². The zero-order chi connectivity index (χ0) is 14.4. The van der Waals surface area contributed by atoms with Crippen LogP contribution >= 0.6 is 0 Å². The maximum atomic E-state index is 4.64. The lowest BCUT2D eigenvalue weighted by atomic mass is 10.1. The second kappa shape index (κ2) is 6.89. The SMILES string of the molecule is CON=CCC/C(C)=C/Cn1c(C)nc2ccccc21. The van der Waals surface area contributed by atoms with Crippen LogP contribution in [-0.2, 0) is 11.4 Å². The van der Waals surface area contributed by atoms with Gasteiger partial charge in [-0.15, -0.1) is 0 Å². The molecule has 0 saturated heterocycles. The van der Waals surface area contributed by atoms with E-state index in [0.29, 0.717) is 0 Å². The highest BCUT2D eigenvalue weighted by Gasteiger charge is 2.04. The van der Waals surface area contributed by atoms with Gasteiger partial charge in [0.05, 0.1) is 11.0 Å². The molecule has 4 nitrogen and oxygen atoms in total. The minimum atomic E-state index is 0.861. The minimum Gasteiger partial charge on any atom is -0.399 e. The summed E-state index contributed by atoms with van der Waals surface area (Å²) in [5, 5.41) is 3.74. The highest BCUT2D eigenvalue weighted by molar-refractivity contribution is 5.75. The first kappa shape index (κ1) is 14.3. The number of fused-ring (bicyclic) bond motifs is 1. The fourth-order valence-electron chi connectivity index (χ4n) is 2.20. The zero-order valence-electron chi connectivity index (χ0n) is 12.3. The molecule has 0 N–H and O–H groups in total. The summed E-state index contributed by atoms with van der Waals surface area (Å²) >= 11 is 0. The van der Waals surface area contributed by atoms with Crippen LogP contribution in [0.3, 0.4) is 0 Å². The average molecular weight is 271 g/mol. The summed E-state index contributed by atoms with van der Waals surface area (Å²) < 4.78 is 2.24. The van der Waals surface area contributed by atoms with Crippen molar-refractivity contribution >= 4 is 17.2 Å².